The fourth-order valence-electron chi connectivity index (χ4n) is 0.778. The fraction of sp³-hybridized carbons (Fsp3) is 0.143. The molecule has 0 fully saturated rings. The lowest BCUT2D eigenvalue weighted by Crippen LogP contribution is -2.19. The summed E-state index contributed by atoms with van der Waals surface area (Å²) < 4.78 is 51.6. The Bertz CT molecular complexity index is 437. The number of rotatable bonds is 2. The highest BCUT2D eigenvalue weighted by Gasteiger charge is 2.32. The van der Waals surface area contributed by atoms with Crippen molar-refractivity contribution in [2.45, 2.75) is 6.36 Å². The number of hydrogen-bond acceptors (Lipinski definition) is 3. The van der Waals surface area contributed by atoms with Gasteiger partial charge in [0, 0.05) is 6.07 Å². The maximum atomic E-state index is 13.1. The number of carbonyl (C=O) groups is 1. The Hall–Kier alpha value is -0.640. The van der Waals surface area contributed by atoms with E-state index in [0.29, 0.717) is 6.07 Å². The summed E-state index contributed by atoms with van der Waals surface area (Å²) in [5.41, 5.74) is -0.624. The molecule has 0 aliphatic carbocycles. The minimum atomic E-state index is -5.02. The molecule has 0 saturated heterocycles. The van der Waals surface area contributed by atoms with Crippen LogP contribution in [0.4, 0.5) is 17.6 Å². The lowest BCUT2D eigenvalue weighted by atomic mass is 10.3. The molecule has 0 aliphatic heterocycles. The van der Waals surface area contributed by atoms with Gasteiger partial charge >= 0.3 is 6.36 Å². The van der Waals surface area contributed by atoms with E-state index in [0.717, 1.165) is 0 Å². The standard InChI is InChI=1S/C7HClF4INO2/c8-6(15)5-4(13)2(9)1-3(14-5)16-7(10,11)12/h1H. The monoisotopic (exact) mass is 369 g/mol. The van der Waals surface area contributed by atoms with Crippen molar-refractivity contribution < 1.29 is 27.1 Å². The van der Waals surface area contributed by atoms with Gasteiger partial charge in [-0.2, -0.15) is 0 Å². The molecule has 16 heavy (non-hydrogen) atoms. The molecule has 0 atom stereocenters. The molecule has 3 nitrogen and oxygen atoms in total. The van der Waals surface area contributed by atoms with Crippen molar-refractivity contribution in [2.24, 2.45) is 0 Å². The molecule has 1 heterocycles. The summed E-state index contributed by atoms with van der Waals surface area (Å²) in [6.07, 6.45) is -5.02. The van der Waals surface area contributed by atoms with Crippen molar-refractivity contribution in [3.63, 3.8) is 0 Å². The molecule has 1 aromatic heterocycles. The Kier molecular flexibility index (Phi) is 3.94. The van der Waals surface area contributed by atoms with Gasteiger partial charge in [-0.25, -0.2) is 9.37 Å². The van der Waals surface area contributed by atoms with Crippen LogP contribution in [0.5, 0.6) is 5.88 Å². The highest BCUT2D eigenvalue weighted by Crippen LogP contribution is 2.25. The molecule has 0 aliphatic rings. The first-order valence-corrected chi connectivity index (χ1v) is 4.98. The van der Waals surface area contributed by atoms with Crippen molar-refractivity contribution in [3.8, 4) is 5.88 Å². The second-order valence-corrected chi connectivity index (χ2v) is 3.85. The molecule has 0 spiro atoms. The second-order valence-electron chi connectivity index (χ2n) is 2.43. The van der Waals surface area contributed by atoms with Crippen molar-refractivity contribution in [1.29, 1.82) is 0 Å². The highest BCUT2D eigenvalue weighted by atomic mass is 127. The van der Waals surface area contributed by atoms with Gasteiger partial charge in [0.05, 0.1) is 3.57 Å². The van der Waals surface area contributed by atoms with Gasteiger partial charge in [0.1, 0.15) is 11.5 Å². The van der Waals surface area contributed by atoms with Gasteiger partial charge in [-0.15, -0.1) is 13.2 Å². The lowest BCUT2D eigenvalue weighted by molar-refractivity contribution is -0.276. The number of alkyl halides is 3. The zero-order chi connectivity index (χ0) is 12.5. The molecule has 0 bridgehead atoms. The second kappa shape index (κ2) is 4.70. The van der Waals surface area contributed by atoms with Gasteiger partial charge in [-0.3, -0.25) is 4.79 Å². The summed E-state index contributed by atoms with van der Waals surface area (Å²) in [5.74, 6) is -2.15. The van der Waals surface area contributed by atoms with E-state index >= 15 is 0 Å². The average molecular weight is 369 g/mol. The molecule has 0 radical (unpaired) electrons. The van der Waals surface area contributed by atoms with Gasteiger partial charge < -0.3 is 4.74 Å². The number of aromatic nitrogens is 1. The number of halogens is 6. The van der Waals surface area contributed by atoms with Crippen molar-refractivity contribution in [2.75, 3.05) is 0 Å². The normalized spacial score (nSPS) is 11.4. The van der Waals surface area contributed by atoms with Crippen molar-refractivity contribution in [3.05, 3.63) is 21.1 Å². The molecule has 0 unspecified atom stereocenters. The molecule has 1 rings (SSSR count). The summed E-state index contributed by atoms with van der Waals surface area (Å²) in [6.45, 7) is 0. The van der Waals surface area contributed by atoms with Crippen LogP contribution in [0.3, 0.4) is 0 Å². The van der Waals surface area contributed by atoms with Gasteiger partial charge in [0.25, 0.3) is 5.24 Å². The predicted molar refractivity (Wildman–Crippen MR) is 53.8 cm³/mol. The average Bonchev–Trinajstić information content (AvgIpc) is 2.07. The molecule has 1 aromatic rings. The van der Waals surface area contributed by atoms with E-state index in [9.17, 15) is 22.4 Å². The molecule has 0 N–H and O–H groups in total. The van der Waals surface area contributed by atoms with Crippen LogP contribution < -0.4 is 4.74 Å². The number of pyridine rings is 1. The zero-order valence-electron chi connectivity index (χ0n) is 7.11. The van der Waals surface area contributed by atoms with E-state index in [1.165, 1.54) is 22.6 Å². The third-order valence-electron chi connectivity index (χ3n) is 1.30. The molecular weight excluding hydrogens is 368 g/mol. The van der Waals surface area contributed by atoms with Gasteiger partial charge in [-0.05, 0) is 34.2 Å². The van der Waals surface area contributed by atoms with Gasteiger partial charge in [-0.1, -0.05) is 0 Å². The van der Waals surface area contributed by atoms with Crippen molar-refractivity contribution in [1.82, 2.24) is 4.98 Å². The fourth-order valence-corrected chi connectivity index (χ4v) is 1.59. The SMILES string of the molecule is O=C(Cl)c1nc(OC(F)(F)F)cc(F)c1I. The molecule has 0 amide bonds. The van der Waals surface area contributed by atoms with Crippen LogP contribution in [0.25, 0.3) is 0 Å². The molecular formula is C7HClF4INO2. The third-order valence-corrected chi connectivity index (χ3v) is 2.50. The number of nitrogens with zero attached hydrogens (tertiary/aromatic N) is 1. The maximum Gasteiger partial charge on any atom is 0.574 e. The van der Waals surface area contributed by atoms with E-state index in [-0.39, 0.29) is 3.57 Å². The summed E-state index contributed by atoms with van der Waals surface area (Å²) in [6, 6.07) is 0.415. The van der Waals surface area contributed by atoms with E-state index in [2.05, 4.69) is 9.72 Å². The largest absolute Gasteiger partial charge is 0.574 e. The lowest BCUT2D eigenvalue weighted by Gasteiger charge is -2.09. The first-order valence-electron chi connectivity index (χ1n) is 3.52. The molecule has 0 aromatic carbocycles. The highest BCUT2D eigenvalue weighted by molar-refractivity contribution is 14.1. The Morgan fingerprint density at radius 3 is 2.50 bits per heavy atom. The van der Waals surface area contributed by atoms with E-state index in [1.807, 2.05) is 0 Å². The smallest absolute Gasteiger partial charge is 0.388 e. The van der Waals surface area contributed by atoms with Crippen LogP contribution in [0, 0.1) is 9.39 Å². The van der Waals surface area contributed by atoms with E-state index in [1.54, 1.807) is 0 Å². The quantitative estimate of drug-likeness (QED) is 0.457. The van der Waals surface area contributed by atoms with Crippen molar-refractivity contribution >= 4 is 39.4 Å². The van der Waals surface area contributed by atoms with Crippen LogP contribution in [0.15, 0.2) is 6.07 Å². The molecule has 88 valence electrons. The van der Waals surface area contributed by atoms with E-state index in [4.69, 9.17) is 11.6 Å². The van der Waals surface area contributed by atoms with Gasteiger partial charge in [0.15, 0.2) is 0 Å². The minimum absolute atomic E-state index is 0.271. The summed E-state index contributed by atoms with van der Waals surface area (Å²) in [7, 11) is 0. The predicted octanol–water partition coefficient (Wildman–Crippen LogP) is 3.10. The first-order chi connectivity index (χ1) is 7.20. The summed E-state index contributed by atoms with van der Waals surface area (Å²) >= 11 is 6.41. The van der Waals surface area contributed by atoms with Crippen LogP contribution >= 0.6 is 34.2 Å². The topological polar surface area (TPSA) is 39.2 Å². The first kappa shape index (κ1) is 13.4. The zero-order valence-corrected chi connectivity index (χ0v) is 10.0. The summed E-state index contributed by atoms with van der Waals surface area (Å²) in [5, 5.41) is -1.17. The van der Waals surface area contributed by atoms with Crippen LogP contribution in [-0.2, 0) is 0 Å². The van der Waals surface area contributed by atoms with Crippen LogP contribution in [0.1, 0.15) is 10.5 Å². The van der Waals surface area contributed by atoms with Crippen LogP contribution in [0.2, 0.25) is 0 Å². The minimum Gasteiger partial charge on any atom is -0.388 e. The molecule has 0 saturated carbocycles. The molecule has 9 heteroatoms. The Morgan fingerprint density at radius 1 is 1.50 bits per heavy atom. The Labute approximate surface area is 105 Å². The summed E-state index contributed by atoms with van der Waals surface area (Å²) in [4.78, 5) is 13.9. The number of carbonyl (C=O) groups excluding carboxylic acids is 1. The number of ether oxygens (including phenoxy) is 1. The van der Waals surface area contributed by atoms with Crippen LogP contribution in [-0.4, -0.2) is 16.6 Å². The Morgan fingerprint density at radius 2 is 2.06 bits per heavy atom. The maximum absolute atomic E-state index is 13.1. The Balaban J connectivity index is 3.19. The number of hydrogen-bond donors (Lipinski definition) is 0. The third kappa shape index (κ3) is 3.44. The van der Waals surface area contributed by atoms with Gasteiger partial charge in [0.2, 0.25) is 5.88 Å². The van der Waals surface area contributed by atoms with E-state index < -0.39 is 29.0 Å².